The van der Waals surface area contributed by atoms with Gasteiger partial charge in [-0.15, -0.1) is 0 Å². The summed E-state index contributed by atoms with van der Waals surface area (Å²) in [6.45, 7) is 3.86. The first-order valence-corrected chi connectivity index (χ1v) is 10.0. The molecule has 0 aliphatic carbocycles. The van der Waals surface area contributed by atoms with Crippen molar-refractivity contribution in [3.05, 3.63) is 58.1 Å². The highest BCUT2D eigenvalue weighted by molar-refractivity contribution is 7.80. The van der Waals surface area contributed by atoms with E-state index in [2.05, 4.69) is 5.32 Å². The summed E-state index contributed by atoms with van der Waals surface area (Å²) in [5.41, 5.74) is 0.345. The van der Waals surface area contributed by atoms with Crippen molar-refractivity contribution in [3.63, 3.8) is 0 Å². The van der Waals surface area contributed by atoms with Crippen LogP contribution in [0.15, 0.2) is 42.5 Å². The number of fused-ring (bicyclic) bond motifs is 4. The zero-order valence-electron chi connectivity index (χ0n) is 15.2. The fraction of sp³-hybridized carbons (Fsp3) is 0.300. The van der Waals surface area contributed by atoms with Gasteiger partial charge >= 0.3 is 5.97 Å². The van der Waals surface area contributed by atoms with Gasteiger partial charge in [-0.25, -0.2) is 0 Å². The molecule has 0 unspecified atom stereocenters. The molecular weight excluding hydrogens is 419 g/mol. The third kappa shape index (κ3) is 2.91. The molecule has 2 aromatic rings. The summed E-state index contributed by atoms with van der Waals surface area (Å²) in [5.74, 6) is -0.593. The summed E-state index contributed by atoms with van der Waals surface area (Å²) >= 11 is 18.3. The Morgan fingerprint density at radius 3 is 2.71 bits per heavy atom. The van der Waals surface area contributed by atoms with Crippen molar-refractivity contribution in [1.29, 1.82) is 0 Å². The minimum Gasteiger partial charge on any atom is -0.466 e. The van der Waals surface area contributed by atoms with Crippen molar-refractivity contribution >= 4 is 52.2 Å². The van der Waals surface area contributed by atoms with E-state index in [1.165, 1.54) is 0 Å². The second-order valence-corrected chi connectivity index (χ2v) is 8.02. The summed E-state index contributed by atoms with van der Waals surface area (Å²) in [6, 6.07) is 12.4. The van der Waals surface area contributed by atoms with Gasteiger partial charge in [-0.05, 0) is 50.3 Å². The van der Waals surface area contributed by atoms with Gasteiger partial charge in [0.05, 0.1) is 17.7 Å². The maximum Gasteiger partial charge on any atom is 0.317 e. The van der Waals surface area contributed by atoms with Crippen LogP contribution < -0.4 is 15.0 Å². The van der Waals surface area contributed by atoms with Crippen LogP contribution >= 0.6 is 35.4 Å². The zero-order valence-corrected chi connectivity index (χ0v) is 17.6. The lowest BCUT2D eigenvalue weighted by Gasteiger charge is -2.55. The van der Waals surface area contributed by atoms with Gasteiger partial charge in [0, 0.05) is 16.3 Å². The second-order valence-electron chi connectivity index (χ2n) is 6.79. The van der Waals surface area contributed by atoms with Crippen molar-refractivity contribution in [2.45, 2.75) is 25.6 Å². The third-order valence-corrected chi connectivity index (χ3v) is 5.87. The molecule has 0 saturated carbocycles. The molecule has 0 aromatic heterocycles. The molecule has 1 fully saturated rings. The van der Waals surface area contributed by atoms with E-state index in [9.17, 15) is 4.79 Å². The van der Waals surface area contributed by atoms with Gasteiger partial charge in [0.2, 0.25) is 5.72 Å². The molecule has 4 rings (SSSR count). The van der Waals surface area contributed by atoms with E-state index in [1.807, 2.05) is 37.3 Å². The van der Waals surface area contributed by atoms with Gasteiger partial charge in [0.25, 0.3) is 0 Å². The lowest BCUT2D eigenvalue weighted by atomic mass is 9.79. The minimum absolute atomic E-state index is 0.261. The molecule has 2 aromatic carbocycles. The lowest BCUT2D eigenvalue weighted by Crippen LogP contribution is -2.71. The van der Waals surface area contributed by atoms with Gasteiger partial charge in [-0.2, -0.15) is 0 Å². The van der Waals surface area contributed by atoms with E-state index in [-0.39, 0.29) is 12.6 Å². The molecule has 1 N–H and O–H groups in total. The SMILES string of the molecule is CCOC(=O)[C@@H]1[C@H]2NC(=S)N(c3ccccc3)[C@@]1(C)Oc1c(Cl)cc(Cl)cc12. The van der Waals surface area contributed by atoms with Crippen LogP contribution in [0.4, 0.5) is 5.69 Å². The van der Waals surface area contributed by atoms with Crippen molar-refractivity contribution in [2.75, 3.05) is 11.5 Å². The molecule has 28 heavy (non-hydrogen) atoms. The van der Waals surface area contributed by atoms with E-state index in [0.29, 0.717) is 26.5 Å². The fourth-order valence-corrected chi connectivity index (χ4v) is 4.92. The summed E-state index contributed by atoms with van der Waals surface area (Å²) < 4.78 is 11.8. The molecule has 0 amide bonds. The van der Waals surface area contributed by atoms with Gasteiger partial charge < -0.3 is 14.8 Å². The minimum atomic E-state index is -1.13. The summed E-state index contributed by atoms with van der Waals surface area (Å²) in [5, 5.41) is 4.56. The molecule has 1 saturated heterocycles. The number of benzene rings is 2. The first-order chi connectivity index (χ1) is 13.4. The summed E-state index contributed by atoms with van der Waals surface area (Å²) in [6.07, 6.45) is 0. The molecule has 2 aliphatic heterocycles. The molecule has 5 nitrogen and oxygen atoms in total. The maximum atomic E-state index is 13.0. The molecule has 8 heteroatoms. The van der Waals surface area contributed by atoms with Crippen molar-refractivity contribution in [2.24, 2.45) is 5.92 Å². The van der Waals surface area contributed by atoms with Crippen molar-refractivity contribution in [3.8, 4) is 5.75 Å². The molecule has 2 aliphatic rings. The van der Waals surface area contributed by atoms with E-state index < -0.39 is 17.7 Å². The van der Waals surface area contributed by atoms with Crippen LogP contribution in [0, 0.1) is 5.92 Å². The predicted octanol–water partition coefficient (Wildman–Crippen LogP) is 4.72. The summed E-state index contributed by atoms with van der Waals surface area (Å²) in [4.78, 5) is 14.8. The van der Waals surface area contributed by atoms with Crippen LogP contribution in [0.5, 0.6) is 5.75 Å². The maximum absolute atomic E-state index is 13.0. The molecule has 0 spiro atoms. The predicted molar refractivity (Wildman–Crippen MR) is 113 cm³/mol. The second kappa shape index (κ2) is 7.10. The Morgan fingerprint density at radius 1 is 1.32 bits per heavy atom. The number of hydrogen-bond acceptors (Lipinski definition) is 4. The highest BCUT2D eigenvalue weighted by Gasteiger charge is 2.60. The van der Waals surface area contributed by atoms with Gasteiger partial charge in [-0.1, -0.05) is 41.4 Å². The Balaban J connectivity index is 1.93. The number of esters is 1. The number of rotatable bonds is 3. The van der Waals surface area contributed by atoms with Crippen LogP contribution in [-0.2, 0) is 9.53 Å². The number of hydrogen-bond donors (Lipinski definition) is 1. The van der Waals surface area contributed by atoms with Crippen molar-refractivity contribution in [1.82, 2.24) is 5.32 Å². The molecule has 0 radical (unpaired) electrons. The molecule has 3 atom stereocenters. The number of para-hydroxylation sites is 1. The van der Waals surface area contributed by atoms with E-state index >= 15 is 0 Å². The first-order valence-electron chi connectivity index (χ1n) is 8.87. The number of ether oxygens (including phenoxy) is 2. The van der Waals surface area contributed by atoms with Crippen molar-refractivity contribution < 1.29 is 14.3 Å². The average molecular weight is 437 g/mol. The number of nitrogens with zero attached hydrogens (tertiary/aromatic N) is 1. The van der Waals surface area contributed by atoms with E-state index in [0.717, 1.165) is 5.69 Å². The first kappa shape index (κ1) is 19.3. The highest BCUT2D eigenvalue weighted by Crippen LogP contribution is 2.52. The van der Waals surface area contributed by atoms with Gasteiger partial charge in [0.15, 0.2) is 5.11 Å². The van der Waals surface area contributed by atoms with Gasteiger partial charge in [0.1, 0.15) is 11.7 Å². The lowest BCUT2D eigenvalue weighted by molar-refractivity contribution is -0.159. The normalized spacial score (nSPS) is 25.4. The number of anilines is 1. The molecule has 2 bridgehead atoms. The number of carbonyl (C=O) groups is 1. The Kier molecular flexibility index (Phi) is 4.89. The Bertz CT molecular complexity index is 956. The Hall–Kier alpha value is -2.02. The standard InChI is InChI=1S/C20H18Cl2N2O3S/c1-3-26-18(25)15-16-13-9-11(21)10-14(22)17(13)27-20(15,2)24(19(28)23-16)12-7-5-4-6-8-12/h4-10,15-16H,3H2,1-2H3,(H,23,28)/t15-,16-,20-/m0/s1. The quantitative estimate of drug-likeness (QED) is 0.554. The van der Waals surface area contributed by atoms with Crippen LogP contribution in [0.1, 0.15) is 25.5 Å². The third-order valence-electron chi connectivity index (χ3n) is 5.07. The zero-order chi connectivity index (χ0) is 20.1. The average Bonchev–Trinajstić information content (AvgIpc) is 2.63. The fourth-order valence-electron chi connectivity index (χ4n) is 3.96. The highest BCUT2D eigenvalue weighted by atomic mass is 35.5. The number of halogens is 2. The number of carbonyl (C=O) groups excluding carboxylic acids is 1. The van der Waals surface area contributed by atoms with E-state index in [4.69, 9.17) is 44.9 Å². The Morgan fingerprint density at radius 2 is 2.04 bits per heavy atom. The van der Waals surface area contributed by atoms with Crippen LogP contribution in [-0.4, -0.2) is 23.4 Å². The monoisotopic (exact) mass is 436 g/mol. The van der Waals surface area contributed by atoms with E-state index in [1.54, 1.807) is 24.0 Å². The van der Waals surface area contributed by atoms with Crippen LogP contribution in [0.2, 0.25) is 10.0 Å². The van der Waals surface area contributed by atoms with Gasteiger partial charge in [-0.3, -0.25) is 9.69 Å². The molecule has 146 valence electrons. The summed E-state index contributed by atoms with van der Waals surface area (Å²) in [7, 11) is 0. The van der Waals surface area contributed by atoms with Crippen LogP contribution in [0.3, 0.4) is 0 Å². The van der Waals surface area contributed by atoms with Crippen LogP contribution in [0.25, 0.3) is 0 Å². The topological polar surface area (TPSA) is 50.8 Å². The Labute approximate surface area is 178 Å². The molecule has 2 heterocycles. The largest absolute Gasteiger partial charge is 0.466 e. The smallest absolute Gasteiger partial charge is 0.317 e. The number of thiocarbonyl (C=S) groups is 1. The number of nitrogens with one attached hydrogen (secondary N) is 1. The molecular formula is C20H18Cl2N2O3S.